The van der Waals surface area contributed by atoms with Crippen LogP contribution in [-0.2, 0) is 25.6 Å². The minimum Gasteiger partial charge on any atom is -0.452 e. The number of hydrogen-bond acceptors (Lipinski definition) is 7. The largest absolute Gasteiger partial charge is 0.452 e. The Labute approximate surface area is 204 Å². The molecule has 0 saturated carbocycles. The van der Waals surface area contributed by atoms with Gasteiger partial charge in [0, 0.05) is 51.3 Å². The van der Waals surface area contributed by atoms with Gasteiger partial charge in [0.15, 0.2) is 6.61 Å². The van der Waals surface area contributed by atoms with Gasteiger partial charge in [-0.2, -0.15) is 0 Å². The lowest BCUT2D eigenvalue weighted by Crippen LogP contribution is -2.49. The lowest BCUT2D eigenvalue weighted by molar-refractivity contribution is -0.136. The first-order valence-electron chi connectivity index (χ1n) is 11.3. The number of amides is 2. The maximum Gasteiger partial charge on any atom is 0.339 e. The summed E-state index contributed by atoms with van der Waals surface area (Å²) in [5.74, 6) is -0.749. The minimum atomic E-state index is -0.570. The number of ether oxygens (including phenoxy) is 2. The fraction of sp³-hybridized carbons (Fsp3) is 0.400. The third kappa shape index (κ3) is 8.16. The number of carbonyl (C=O) groups excluding carboxylic acids is 3. The molecule has 1 heterocycles. The molecular weight excluding hydrogens is 454 g/mol. The summed E-state index contributed by atoms with van der Waals surface area (Å²) in [6, 6.07) is 17.2. The van der Waals surface area contributed by atoms with Gasteiger partial charge < -0.3 is 19.7 Å². The quantitative estimate of drug-likeness (QED) is 0.296. The number of benzene rings is 2. The second-order valence-electron chi connectivity index (χ2n) is 7.85. The van der Waals surface area contributed by atoms with Crippen LogP contribution in [0.1, 0.15) is 15.9 Å². The number of thioether (sulfide) groups is 1. The van der Waals surface area contributed by atoms with Gasteiger partial charge in [-0.1, -0.05) is 42.5 Å². The van der Waals surface area contributed by atoms with Crippen LogP contribution in [-0.4, -0.2) is 86.4 Å². The predicted molar refractivity (Wildman–Crippen MR) is 131 cm³/mol. The topological polar surface area (TPSA) is 88.2 Å². The maximum absolute atomic E-state index is 12.6. The van der Waals surface area contributed by atoms with Crippen molar-refractivity contribution < 1.29 is 23.9 Å². The maximum atomic E-state index is 12.6. The second-order valence-corrected chi connectivity index (χ2v) is 8.86. The van der Waals surface area contributed by atoms with E-state index in [4.69, 9.17) is 9.47 Å². The Hall–Kier alpha value is -2.88. The normalized spacial score (nSPS) is 14.0. The van der Waals surface area contributed by atoms with Crippen molar-refractivity contribution in [2.45, 2.75) is 11.4 Å². The Kier molecular flexibility index (Phi) is 10.4. The van der Waals surface area contributed by atoms with Crippen molar-refractivity contribution in [2.75, 3.05) is 58.8 Å². The van der Waals surface area contributed by atoms with Crippen molar-refractivity contribution in [3.8, 4) is 0 Å². The summed E-state index contributed by atoms with van der Waals surface area (Å²) in [7, 11) is 1.57. The van der Waals surface area contributed by atoms with Crippen LogP contribution in [0.25, 0.3) is 0 Å². The van der Waals surface area contributed by atoms with Gasteiger partial charge in [-0.05, 0) is 17.7 Å². The number of piperazine rings is 1. The summed E-state index contributed by atoms with van der Waals surface area (Å²) >= 11 is 1.25. The van der Waals surface area contributed by atoms with Gasteiger partial charge in [0.1, 0.15) is 0 Å². The van der Waals surface area contributed by atoms with E-state index in [0.717, 1.165) is 19.6 Å². The number of rotatable bonds is 11. The molecule has 0 spiro atoms. The van der Waals surface area contributed by atoms with Gasteiger partial charge in [-0.25, -0.2) is 4.79 Å². The van der Waals surface area contributed by atoms with Crippen molar-refractivity contribution in [1.29, 1.82) is 0 Å². The lowest BCUT2D eigenvalue weighted by atomic mass is 10.2. The molecule has 0 unspecified atom stereocenters. The fourth-order valence-corrected chi connectivity index (χ4v) is 4.41. The van der Waals surface area contributed by atoms with Crippen LogP contribution in [0.15, 0.2) is 59.5 Å². The molecule has 0 aliphatic carbocycles. The van der Waals surface area contributed by atoms with Crippen LogP contribution in [0.4, 0.5) is 0 Å². The molecule has 1 saturated heterocycles. The molecule has 0 atom stereocenters. The van der Waals surface area contributed by atoms with E-state index < -0.39 is 5.97 Å². The van der Waals surface area contributed by atoms with Crippen molar-refractivity contribution in [2.24, 2.45) is 0 Å². The fourth-order valence-electron chi connectivity index (χ4n) is 3.54. The first-order valence-corrected chi connectivity index (χ1v) is 12.2. The number of nitrogens with zero attached hydrogens (tertiary/aromatic N) is 2. The average molecular weight is 486 g/mol. The van der Waals surface area contributed by atoms with Crippen molar-refractivity contribution >= 4 is 29.5 Å². The highest BCUT2D eigenvalue weighted by molar-refractivity contribution is 8.00. The van der Waals surface area contributed by atoms with Crippen LogP contribution in [0, 0.1) is 0 Å². The standard InChI is InChI=1S/C25H31N3O5S/c1-32-16-11-26-23(29)19-34-22-10-6-5-9-21(22)25(31)33-18-24(30)28-14-12-27(13-15-28)17-20-7-3-2-4-8-20/h2-10H,11-19H2,1H3,(H,26,29). The summed E-state index contributed by atoms with van der Waals surface area (Å²) in [5, 5.41) is 2.74. The third-order valence-corrected chi connectivity index (χ3v) is 6.47. The summed E-state index contributed by atoms with van der Waals surface area (Å²) in [4.78, 5) is 41.8. The van der Waals surface area contributed by atoms with Gasteiger partial charge in [0.25, 0.3) is 5.91 Å². The number of methoxy groups -OCH3 is 1. The molecule has 2 aromatic carbocycles. The predicted octanol–water partition coefficient (Wildman–Crippen LogP) is 2.04. The zero-order valence-electron chi connectivity index (χ0n) is 19.4. The first-order chi connectivity index (χ1) is 16.6. The SMILES string of the molecule is COCCNC(=O)CSc1ccccc1C(=O)OCC(=O)N1CCN(Cc2ccccc2)CC1. The molecular formula is C25H31N3O5S. The highest BCUT2D eigenvalue weighted by Crippen LogP contribution is 2.23. The van der Waals surface area contributed by atoms with Crippen molar-refractivity contribution in [1.82, 2.24) is 15.1 Å². The Morgan fingerprint density at radius 1 is 0.971 bits per heavy atom. The van der Waals surface area contributed by atoms with E-state index in [9.17, 15) is 14.4 Å². The van der Waals surface area contributed by atoms with Crippen molar-refractivity contribution in [3.63, 3.8) is 0 Å². The van der Waals surface area contributed by atoms with E-state index in [-0.39, 0.29) is 24.2 Å². The van der Waals surface area contributed by atoms with E-state index in [0.29, 0.717) is 36.7 Å². The monoisotopic (exact) mass is 485 g/mol. The second kappa shape index (κ2) is 13.7. The van der Waals surface area contributed by atoms with E-state index >= 15 is 0 Å². The average Bonchev–Trinajstić information content (AvgIpc) is 2.87. The highest BCUT2D eigenvalue weighted by atomic mass is 32.2. The van der Waals surface area contributed by atoms with Gasteiger partial charge in [-0.3, -0.25) is 14.5 Å². The smallest absolute Gasteiger partial charge is 0.339 e. The minimum absolute atomic E-state index is 0.146. The number of nitrogens with one attached hydrogen (secondary N) is 1. The first kappa shape index (κ1) is 25.7. The molecule has 1 N–H and O–H groups in total. The van der Waals surface area contributed by atoms with Crippen molar-refractivity contribution in [3.05, 3.63) is 65.7 Å². The van der Waals surface area contributed by atoms with Crippen LogP contribution in [0.3, 0.4) is 0 Å². The van der Waals surface area contributed by atoms with Gasteiger partial charge in [-0.15, -0.1) is 11.8 Å². The van der Waals surface area contributed by atoms with Crippen LogP contribution >= 0.6 is 11.8 Å². The van der Waals surface area contributed by atoms with Crippen LogP contribution in [0.2, 0.25) is 0 Å². The summed E-state index contributed by atoms with van der Waals surface area (Å²) in [6.45, 7) is 4.20. The summed E-state index contributed by atoms with van der Waals surface area (Å²) in [5.41, 5.74) is 1.60. The Morgan fingerprint density at radius 2 is 1.68 bits per heavy atom. The van der Waals surface area contributed by atoms with Gasteiger partial charge in [0.2, 0.25) is 5.91 Å². The van der Waals surface area contributed by atoms with E-state index in [2.05, 4.69) is 22.3 Å². The molecule has 34 heavy (non-hydrogen) atoms. The molecule has 9 heteroatoms. The zero-order chi connectivity index (χ0) is 24.2. The molecule has 1 fully saturated rings. The molecule has 2 amide bonds. The molecule has 182 valence electrons. The van der Waals surface area contributed by atoms with E-state index in [1.54, 1.807) is 36.3 Å². The van der Waals surface area contributed by atoms with Gasteiger partial charge in [0.05, 0.1) is 17.9 Å². The van der Waals surface area contributed by atoms with Crippen LogP contribution in [0.5, 0.6) is 0 Å². The molecule has 1 aliphatic rings. The molecule has 8 nitrogen and oxygen atoms in total. The molecule has 3 rings (SSSR count). The molecule has 2 aromatic rings. The Balaban J connectivity index is 1.43. The number of esters is 1. The molecule has 0 bridgehead atoms. The summed E-state index contributed by atoms with van der Waals surface area (Å²) in [6.07, 6.45) is 0. The van der Waals surface area contributed by atoms with Gasteiger partial charge >= 0.3 is 5.97 Å². The molecule has 1 aliphatic heterocycles. The Bertz CT molecular complexity index is 949. The van der Waals surface area contributed by atoms with E-state index in [1.807, 2.05) is 18.2 Å². The third-order valence-electron chi connectivity index (χ3n) is 5.39. The zero-order valence-corrected chi connectivity index (χ0v) is 20.2. The number of hydrogen-bond donors (Lipinski definition) is 1. The lowest BCUT2D eigenvalue weighted by Gasteiger charge is -2.34. The molecule has 0 aromatic heterocycles. The highest BCUT2D eigenvalue weighted by Gasteiger charge is 2.23. The Morgan fingerprint density at radius 3 is 2.41 bits per heavy atom. The van der Waals surface area contributed by atoms with E-state index in [1.165, 1.54) is 17.3 Å². The molecule has 0 radical (unpaired) electrons. The summed E-state index contributed by atoms with van der Waals surface area (Å²) < 4.78 is 10.2. The number of carbonyl (C=O) groups is 3. The van der Waals surface area contributed by atoms with Crippen LogP contribution < -0.4 is 5.32 Å².